The molecule has 4 rings (SSSR count). The average Bonchev–Trinajstić information content (AvgIpc) is 3.43. The minimum Gasteiger partial charge on any atom is -0.383 e. The number of benzene rings is 1. The first-order valence-electron chi connectivity index (χ1n) is 10.1. The highest BCUT2D eigenvalue weighted by atomic mass is 32.2. The predicted octanol–water partition coefficient (Wildman–Crippen LogP) is 0.535. The third kappa shape index (κ3) is 4.65. The Kier molecular flexibility index (Phi) is 6.27. The van der Waals surface area contributed by atoms with Gasteiger partial charge in [0.25, 0.3) is 5.91 Å². The van der Waals surface area contributed by atoms with E-state index < -0.39 is 10.0 Å². The number of carbonyl (C=O) groups excluding carboxylic acids is 1. The zero-order valence-corrected chi connectivity index (χ0v) is 18.6. The third-order valence-corrected chi connectivity index (χ3v) is 6.57. The number of hydrogen-bond donors (Lipinski definition) is 2. The first-order chi connectivity index (χ1) is 15.9. The Hall–Kier alpha value is -3.93. The fraction of sp³-hybridized carbons (Fsp3) is 0.273. The van der Waals surface area contributed by atoms with Crippen molar-refractivity contribution in [2.24, 2.45) is 0 Å². The van der Waals surface area contributed by atoms with Crippen molar-refractivity contribution in [1.82, 2.24) is 29.4 Å². The monoisotopic (exact) mass is 463 g/mol. The van der Waals surface area contributed by atoms with Gasteiger partial charge in [0, 0.05) is 13.1 Å². The summed E-state index contributed by atoms with van der Waals surface area (Å²) in [5, 5.41) is 5.07. The second kappa shape index (κ2) is 9.28. The molecule has 168 valence electrons. The van der Waals surface area contributed by atoms with Crippen LogP contribution in [0.4, 0.5) is 5.82 Å². The summed E-state index contributed by atoms with van der Waals surface area (Å²) < 4.78 is 28.8. The van der Waals surface area contributed by atoms with E-state index in [9.17, 15) is 13.2 Å². The summed E-state index contributed by atoms with van der Waals surface area (Å²) in [6.07, 6.45) is 2.03. The minimum absolute atomic E-state index is 0.111. The molecule has 1 fully saturated rings. The maximum Gasteiger partial charge on any atom is 0.298 e. The van der Waals surface area contributed by atoms with Crippen molar-refractivity contribution >= 4 is 32.8 Å². The van der Waals surface area contributed by atoms with E-state index in [2.05, 4.69) is 43.5 Å². The van der Waals surface area contributed by atoms with Crippen LogP contribution in [0.5, 0.6) is 0 Å². The van der Waals surface area contributed by atoms with Crippen LogP contribution in [-0.4, -0.2) is 58.6 Å². The minimum atomic E-state index is -3.67. The molecule has 2 aromatic heterocycles. The van der Waals surface area contributed by atoms with Crippen molar-refractivity contribution in [3.63, 3.8) is 0 Å². The van der Waals surface area contributed by atoms with Crippen LogP contribution in [-0.2, 0) is 14.8 Å². The molecule has 0 unspecified atom stereocenters. The van der Waals surface area contributed by atoms with E-state index in [1.165, 1.54) is 18.5 Å². The molecule has 1 aliphatic rings. The maximum atomic E-state index is 12.3. The Labute approximate surface area is 191 Å². The van der Waals surface area contributed by atoms with E-state index in [-0.39, 0.29) is 29.2 Å². The Morgan fingerprint density at radius 2 is 2.06 bits per heavy atom. The van der Waals surface area contributed by atoms with Crippen molar-refractivity contribution in [2.75, 3.05) is 25.4 Å². The highest BCUT2D eigenvalue weighted by Gasteiger charge is 2.29. The van der Waals surface area contributed by atoms with Crippen LogP contribution in [0, 0.1) is 23.7 Å². The van der Waals surface area contributed by atoms with E-state index in [0.29, 0.717) is 36.2 Å². The lowest BCUT2D eigenvalue weighted by Crippen LogP contribution is -2.28. The quantitative estimate of drug-likeness (QED) is 0.539. The number of fused-ring (bicyclic) bond motifs is 1. The smallest absolute Gasteiger partial charge is 0.298 e. The first kappa shape index (κ1) is 22.3. The van der Waals surface area contributed by atoms with Crippen LogP contribution in [0.1, 0.15) is 25.1 Å². The molecule has 1 aromatic carbocycles. The molecule has 3 N–H and O–H groups in total. The number of amides is 1. The number of likely N-dealkylation sites (tertiary alicyclic amines) is 1. The van der Waals surface area contributed by atoms with E-state index in [1.807, 2.05) is 0 Å². The SMILES string of the molecule is CC#CC(=O)N1CC[C@@H](n2nc(C#CCNS(=O)(=O)c3ccccc3)c3c(N)ncnc32)C1. The molecule has 3 aromatic rings. The Morgan fingerprint density at radius 3 is 2.82 bits per heavy atom. The Balaban J connectivity index is 1.57. The van der Waals surface area contributed by atoms with Crippen molar-refractivity contribution in [3.8, 4) is 23.7 Å². The van der Waals surface area contributed by atoms with Gasteiger partial charge in [0.1, 0.15) is 17.8 Å². The third-order valence-electron chi connectivity index (χ3n) is 5.16. The van der Waals surface area contributed by atoms with Crippen LogP contribution >= 0.6 is 0 Å². The van der Waals surface area contributed by atoms with Crippen molar-refractivity contribution in [1.29, 1.82) is 0 Å². The number of rotatable bonds is 4. The Bertz CT molecular complexity index is 1430. The molecule has 11 heteroatoms. The molecule has 0 spiro atoms. The lowest BCUT2D eigenvalue weighted by atomic mass is 10.2. The molecular formula is C22H21N7O3S. The number of hydrogen-bond acceptors (Lipinski definition) is 7. The molecular weight excluding hydrogens is 442 g/mol. The van der Waals surface area contributed by atoms with Crippen LogP contribution in [0.2, 0.25) is 0 Å². The van der Waals surface area contributed by atoms with Gasteiger partial charge in [-0.3, -0.25) is 4.79 Å². The number of sulfonamides is 1. The lowest BCUT2D eigenvalue weighted by molar-refractivity contribution is -0.124. The molecule has 10 nitrogen and oxygen atoms in total. The summed E-state index contributed by atoms with van der Waals surface area (Å²) in [5.41, 5.74) is 6.93. The van der Waals surface area contributed by atoms with Crippen molar-refractivity contribution < 1.29 is 13.2 Å². The van der Waals surface area contributed by atoms with Crippen molar-refractivity contribution in [3.05, 3.63) is 42.4 Å². The van der Waals surface area contributed by atoms with Gasteiger partial charge in [-0.15, -0.1) is 0 Å². The lowest BCUT2D eigenvalue weighted by Gasteiger charge is -2.13. The van der Waals surface area contributed by atoms with Crippen molar-refractivity contribution in [2.45, 2.75) is 24.3 Å². The summed E-state index contributed by atoms with van der Waals surface area (Å²) in [7, 11) is -3.67. The molecule has 1 amide bonds. The highest BCUT2D eigenvalue weighted by Crippen LogP contribution is 2.28. The molecule has 0 bridgehead atoms. The zero-order chi connectivity index (χ0) is 23.4. The maximum absolute atomic E-state index is 12.3. The van der Waals surface area contributed by atoms with Crippen LogP contribution in [0.15, 0.2) is 41.6 Å². The predicted molar refractivity (Wildman–Crippen MR) is 122 cm³/mol. The molecule has 1 aliphatic heterocycles. The molecule has 3 heterocycles. The fourth-order valence-corrected chi connectivity index (χ4v) is 4.54. The largest absolute Gasteiger partial charge is 0.383 e. The summed E-state index contributed by atoms with van der Waals surface area (Å²) in [4.78, 5) is 22.3. The molecule has 1 saturated heterocycles. The van der Waals surface area contributed by atoms with Gasteiger partial charge in [0.15, 0.2) is 5.65 Å². The molecule has 0 radical (unpaired) electrons. The van der Waals surface area contributed by atoms with E-state index >= 15 is 0 Å². The molecule has 1 atom stereocenters. The normalized spacial score (nSPS) is 15.5. The first-order valence-corrected chi connectivity index (χ1v) is 11.6. The number of nitrogens with one attached hydrogen (secondary N) is 1. The summed E-state index contributed by atoms with van der Waals surface area (Å²) in [5.74, 6) is 10.8. The van der Waals surface area contributed by atoms with Crippen LogP contribution < -0.4 is 10.5 Å². The van der Waals surface area contributed by atoms with Gasteiger partial charge in [-0.05, 0) is 37.3 Å². The molecule has 0 aliphatic carbocycles. The summed E-state index contributed by atoms with van der Waals surface area (Å²) in [6, 6.07) is 7.93. The summed E-state index contributed by atoms with van der Waals surface area (Å²) >= 11 is 0. The molecule has 0 saturated carbocycles. The number of carbonyl (C=O) groups is 1. The second-order valence-corrected chi connectivity index (χ2v) is 9.03. The number of nitrogens with zero attached hydrogens (tertiary/aromatic N) is 5. The number of anilines is 1. The van der Waals surface area contributed by atoms with Gasteiger partial charge in [0.05, 0.1) is 22.9 Å². The van der Waals surface area contributed by atoms with Gasteiger partial charge in [-0.25, -0.2) is 23.1 Å². The second-order valence-electron chi connectivity index (χ2n) is 7.26. The van der Waals surface area contributed by atoms with Crippen LogP contribution in [0.25, 0.3) is 11.0 Å². The van der Waals surface area contributed by atoms with Crippen LogP contribution in [0.3, 0.4) is 0 Å². The van der Waals surface area contributed by atoms with Gasteiger partial charge < -0.3 is 10.6 Å². The van der Waals surface area contributed by atoms with E-state index in [0.717, 1.165) is 0 Å². The van der Waals surface area contributed by atoms with Gasteiger partial charge in [0.2, 0.25) is 10.0 Å². The molecule has 33 heavy (non-hydrogen) atoms. The number of nitrogen functional groups attached to an aromatic ring is 1. The Morgan fingerprint density at radius 1 is 1.27 bits per heavy atom. The van der Waals surface area contributed by atoms with E-state index in [1.54, 1.807) is 34.7 Å². The van der Waals surface area contributed by atoms with Gasteiger partial charge in [-0.1, -0.05) is 30.0 Å². The van der Waals surface area contributed by atoms with Gasteiger partial charge >= 0.3 is 0 Å². The number of nitrogens with two attached hydrogens (primary N) is 1. The van der Waals surface area contributed by atoms with Gasteiger partial charge in [-0.2, -0.15) is 9.82 Å². The highest BCUT2D eigenvalue weighted by molar-refractivity contribution is 7.89. The number of aromatic nitrogens is 4. The van der Waals surface area contributed by atoms with E-state index in [4.69, 9.17) is 5.73 Å². The summed E-state index contributed by atoms with van der Waals surface area (Å²) in [6.45, 7) is 2.51. The average molecular weight is 464 g/mol. The fourth-order valence-electron chi connectivity index (χ4n) is 3.59. The zero-order valence-electron chi connectivity index (χ0n) is 17.8. The topological polar surface area (TPSA) is 136 Å². The standard InChI is InChI=1S/C22H21N7O3S/c1-2-7-19(30)28-13-11-16(14-28)29-22-20(21(23)24-15-25-22)18(27-29)10-6-12-26-33(31,32)17-8-4-3-5-9-17/h3-5,8-9,15-16,26H,11-14H2,1H3,(H2,23,24,25)/t16-/m1/s1.